The Morgan fingerprint density at radius 2 is 1.55 bits per heavy atom. The third kappa shape index (κ3) is 2.05. The van der Waals surface area contributed by atoms with Gasteiger partial charge >= 0.3 is 0 Å². The fourth-order valence-electron chi connectivity index (χ4n) is 3.56. The number of rotatable bonds is 1. The third-order valence-electron chi connectivity index (χ3n) is 4.24. The summed E-state index contributed by atoms with van der Waals surface area (Å²) in [6.45, 7) is 8.88. The molecule has 0 heterocycles. The quantitative estimate of drug-likeness (QED) is 0.609. The Bertz CT molecular complexity index is 700. The van der Waals surface area contributed by atoms with Gasteiger partial charge in [-0.05, 0) is 61.6 Å². The summed E-state index contributed by atoms with van der Waals surface area (Å²) in [5, 5.41) is 0. The normalized spacial score (nSPS) is 17.1. The average molecular weight is 327 g/mol. The highest BCUT2D eigenvalue weighted by Crippen LogP contribution is 2.46. The number of fused-ring (bicyclic) bond motifs is 1. The minimum absolute atomic E-state index is 0.390. The number of benzene rings is 2. The van der Waals surface area contributed by atoms with Crippen molar-refractivity contribution >= 4 is 22.0 Å². The molecule has 2 aromatic rings. The Morgan fingerprint density at radius 1 is 0.900 bits per heavy atom. The van der Waals surface area contributed by atoms with Crippen molar-refractivity contribution < 1.29 is 0 Å². The lowest BCUT2D eigenvalue weighted by Crippen LogP contribution is -2.06. The molecule has 1 heteroatoms. The standard InChI is InChI=1S/C19H19Br/c1-11-8-12(2)17(13(3)9-11)18-14(4)10-15-6-5-7-16(20)19(15)18/h5-10,18H,1-4H3. The van der Waals surface area contributed by atoms with Gasteiger partial charge in [-0.15, -0.1) is 0 Å². The number of allylic oxidation sites excluding steroid dienone is 1. The first-order valence-electron chi connectivity index (χ1n) is 7.03. The Kier molecular flexibility index (Phi) is 3.33. The zero-order valence-electron chi connectivity index (χ0n) is 12.4. The van der Waals surface area contributed by atoms with Crippen LogP contribution in [0.1, 0.15) is 46.2 Å². The monoisotopic (exact) mass is 326 g/mol. The molecule has 102 valence electrons. The van der Waals surface area contributed by atoms with Crippen molar-refractivity contribution in [2.24, 2.45) is 0 Å². The van der Waals surface area contributed by atoms with Gasteiger partial charge in [0.2, 0.25) is 0 Å². The van der Waals surface area contributed by atoms with Crippen LogP contribution in [0.2, 0.25) is 0 Å². The summed E-state index contributed by atoms with van der Waals surface area (Å²) in [7, 11) is 0. The van der Waals surface area contributed by atoms with Crippen LogP contribution in [0.25, 0.3) is 6.08 Å². The van der Waals surface area contributed by atoms with Gasteiger partial charge < -0.3 is 0 Å². The van der Waals surface area contributed by atoms with Gasteiger partial charge in [-0.3, -0.25) is 0 Å². The molecule has 0 N–H and O–H groups in total. The Labute approximate surface area is 129 Å². The van der Waals surface area contributed by atoms with E-state index in [1.165, 1.54) is 43.4 Å². The van der Waals surface area contributed by atoms with E-state index in [0.29, 0.717) is 5.92 Å². The van der Waals surface area contributed by atoms with Crippen LogP contribution in [-0.4, -0.2) is 0 Å². The molecule has 0 nitrogen and oxygen atoms in total. The second-order valence-corrected chi connectivity index (χ2v) is 6.73. The molecule has 0 radical (unpaired) electrons. The van der Waals surface area contributed by atoms with Crippen molar-refractivity contribution in [3.05, 3.63) is 73.8 Å². The van der Waals surface area contributed by atoms with Gasteiger partial charge in [0.15, 0.2) is 0 Å². The van der Waals surface area contributed by atoms with Crippen LogP contribution in [0.3, 0.4) is 0 Å². The summed E-state index contributed by atoms with van der Waals surface area (Å²) >= 11 is 3.74. The summed E-state index contributed by atoms with van der Waals surface area (Å²) in [5.41, 5.74) is 9.79. The first-order valence-corrected chi connectivity index (χ1v) is 7.82. The summed E-state index contributed by atoms with van der Waals surface area (Å²) < 4.78 is 1.22. The molecule has 0 saturated heterocycles. The second kappa shape index (κ2) is 4.89. The third-order valence-corrected chi connectivity index (χ3v) is 4.93. The maximum Gasteiger partial charge on any atom is 0.0321 e. The molecule has 0 aromatic heterocycles. The van der Waals surface area contributed by atoms with Crippen LogP contribution in [0, 0.1) is 20.8 Å². The van der Waals surface area contributed by atoms with Gasteiger partial charge in [0, 0.05) is 10.4 Å². The van der Waals surface area contributed by atoms with E-state index in [4.69, 9.17) is 0 Å². The molecule has 1 atom stereocenters. The van der Waals surface area contributed by atoms with E-state index in [-0.39, 0.29) is 0 Å². The highest BCUT2D eigenvalue weighted by atomic mass is 79.9. The van der Waals surface area contributed by atoms with Gasteiger partial charge in [-0.2, -0.15) is 0 Å². The molecule has 1 aliphatic rings. The first kappa shape index (κ1) is 13.6. The molecule has 0 amide bonds. The van der Waals surface area contributed by atoms with E-state index in [0.717, 1.165) is 0 Å². The van der Waals surface area contributed by atoms with E-state index in [9.17, 15) is 0 Å². The zero-order valence-corrected chi connectivity index (χ0v) is 14.0. The average Bonchev–Trinajstić information content (AvgIpc) is 2.66. The van der Waals surface area contributed by atoms with Crippen LogP contribution in [-0.2, 0) is 0 Å². The Balaban J connectivity index is 2.26. The lowest BCUT2D eigenvalue weighted by Gasteiger charge is -2.22. The molecule has 1 aliphatic carbocycles. The van der Waals surface area contributed by atoms with Crippen molar-refractivity contribution in [3.63, 3.8) is 0 Å². The van der Waals surface area contributed by atoms with Crippen molar-refractivity contribution in [2.45, 2.75) is 33.6 Å². The topological polar surface area (TPSA) is 0 Å². The minimum Gasteiger partial charge on any atom is -0.0607 e. The van der Waals surface area contributed by atoms with E-state index < -0.39 is 0 Å². The molecule has 2 aromatic carbocycles. The predicted octanol–water partition coefficient (Wildman–Crippen LogP) is 5.92. The molecule has 1 unspecified atom stereocenters. The lowest BCUT2D eigenvalue weighted by atomic mass is 9.83. The molecule has 3 rings (SSSR count). The largest absolute Gasteiger partial charge is 0.0607 e. The van der Waals surface area contributed by atoms with E-state index in [2.05, 4.69) is 80.0 Å². The van der Waals surface area contributed by atoms with E-state index >= 15 is 0 Å². The van der Waals surface area contributed by atoms with Crippen LogP contribution >= 0.6 is 15.9 Å². The molecule has 0 aliphatic heterocycles. The van der Waals surface area contributed by atoms with Gasteiger partial charge in [0.1, 0.15) is 0 Å². The molecule has 0 spiro atoms. The Morgan fingerprint density at radius 3 is 2.20 bits per heavy atom. The highest BCUT2D eigenvalue weighted by Gasteiger charge is 2.28. The SMILES string of the molecule is CC1=Cc2cccc(Br)c2C1c1c(C)cc(C)cc1C. The summed E-state index contributed by atoms with van der Waals surface area (Å²) in [6.07, 6.45) is 2.32. The number of hydrogen-bond acceptors (Lipinski definition) is 0. The van der Waals surface area contributed by atoms with Crippen LogP contribution in [0.15, 0.2) is 40.4 Å². The van der Waals surface area contributed by atoms with Crippen molar-refractivity contribution in [2.75, 3.05) is 0 Å². The van der Waals surface area contributed by atoms with Crippen molar-refractivity contribution in [1.82, 2.24) is 0 Å². The van der Waals surface area contributed by atoms with Crippen molar-refractivity contribution in [1.29, 1.82) is 0 Å². The molecule has 0 saturated carbocycles. The highest BCUT2D eigenvalue weighted by molar-refractivity contribution is 9.10. The smallest absolute Gasteiger partial charge is 0.0321 e. The maximum atomic E-state index is 3.74. The summed E-state index contributed by atoms with van der Waals surface area (Å²) in [4.78, 5) is 0. The fraction of sp³-hybridized carbons (Fsp3) is 0.263. The first-order chi connectivity index (χ1) is 9.49. The Hall–Kier alpha value is -1.34. The van der Waals surface area contributed by atoms with Crippen LogP contribution in [0.4, 0.5) is 0 Å². The van der Waals surface area contributed by atoms with E-state index in [1.807, 2.05) is 0 Å². The molecular weight excluding hydrogens is 308 g/mol. The van der Waals surface area contributed by atoms with Crippen molar-refractivity contribution in [3.8, 4) is 0 Å². The zero-order chi connectivity index (χ0) is 14.4. The summed E-state index contributed by atoms with van der Waals surface area (Å²) in [5.74, 6) is 0.390. The summed E-state index contributed by atoms with van der Waals surface area (Å²) in [6, 6.07) is 11.1. The lowest BCUT2D eigenvalue weighted by molar-refractivity contribution is 0.939. The van der Waals surface area contributed by atoms with Gasteiger partial charge in [-0.1, -0.05) is 57.4 Å². The molecule has 0 bridgehead atoms. The molecule has 0 fully saturated rings. The minimum atomic E-state index is 0.390. The number of aryl methyl sites for hydroxylation is 3. The number of halogens is 1. The van der Waals surface area contributed by atoms with Gasteiger partial charge in [0.25, 0.3) is 0 Å². The second-order valence-electron chi connectivity index (χ2n) is 5.88. The maximum absolute atomic E-state index is 3.74. The van der Waals surface area contributed by atoms with Gasteiger partial charge in [-0.25, -0.2) is 0 Å². The molecule has 20 heavy (non-hydrogen) atoms. The van der Waals surface area contributed by atoms with E-state index in [1.54, 1.807) is 0 Å². The fourth-order valence-corrected chi connectivity index (χ4v) is 4.17. The van der Waals surface area contributed by atoms with Crippen LogP contribution < -0.4 is 0 Å². The van der Waals surface area contributed by atoms with Gasteiger partial charge in [0.05, 0.1) is 0 Å². The molecular formula is C19H19Br. The predicted molar refractivity (Wildman–Crippen MR) is 90.3 cm³/mol. The van der Waals surface area contributed by atoms with Crippen LogP contribution in [0.5, 0.6) is 0 Å². The number of hydrogen-bond donors (Lipinski definition) is 0.